The zero-order valence-electron chi connectivity index (χ0n) is 12.4. The molecule has 0 unspecified atom stereocenters. The summed E-state index contributed by atoms with van der Waals surface area (Å²) >= 11 is 0. The zero-order valence-corrected chi connectivity index (χ0v) is 12.4. The number of hydrogen-bond acceptors (Lipinski definition) is 1. The highest BCUT2D eigenvalue weighted by atomic mass is 15.1. The Morgan fingerprint density at radius 2 is 1.05 bits per heavy atom. The molecule has 1 aliphatic carbocycles. The lowest BCUT2D eigenvalue weighted by molar-refractivity contribution is 1.21. The fraction of sp³-hybridized carbons (Fsp3) is 0.100. The summed E-state index contributed by atoms with van der Waals surface area (Å²) in [7, 11) is 2.07. The van der Waals surface area contributed by atoms with E-state index in [1.165, 1.54) is 11.4 Å². The summed E-state index contributed by atoms with van der Waals surface area (Å²) in [5.41, 5.74) is 2.41. The van der Waals surface area contributed by atoms with Crippen molar-refractivity contribution in [3.8, 4) is 0 Å². The van der Waals surface area contributed by atoms with Crippen molar-refractivity contribution >= 4 is 11.4 Å². The van der Waals surface area contributed by atoms with Crippen LogP contribution in [0.1, 0.15) is 6.42 Å². The predicted molar refractivity (Wildman–Crippen MR) is 93.0 cm³/mol. The Kier molecular flexibility index (Phi) is 6.08. The number of benzene rings is 2. The Hall–Kier alpha value is -2.54. The van der Waals surface area contributed by atoms with Gasteiger partial charge in [0.2, 0.25) is 0 Å². The highest BCUT2D eigenvalue weighted by Gasteiger charge is 2.00. The predicted octanol–water partition coefficient (Wildman–Crippen LogP) is 5.51. The first-order valence-electron chi connectivity index (χ1n) is 7.20. The molecule has 2 aromatic rings. The highest BCUT2D eigenvalue weighted by Crippen LogP contribution is 2.21. The lowest BCUT2D eigenvalue weighted by atomic mass is 10.2. The molecule has 1 heteroatoms. The fourth-order valence-electron chi connectivity index (χ4n) is 1.97. The average Bonchev–Trinajstić information content (AvgIpc) is 2.89. The molecule has 0 radical (unpaired) electrons. The van der Waals surface area contributed by atoms with Crippen LogP contribution >= 0.6 is 0 Å². The van der Waals surface area contributed by atoms with E-state index in [0.29, 0.717) is 0 Å². The Labute approximate surface area is 127 Å². The molecule has 3 rings (SSSR count). The summed E-state index contributed by atoms with van der Waals surface area (Å²) in [6.45, 7) is 0. The molecule has 0 bridgehead atoms. The van der Waals surface area contributed by atoms with Crippen LogP contribution in [-0.2, 0) is 0 Å². The van der Waals surface area contributed by atoms with E-state index < -0.39 is 0 Å². The van der Waals surface area contributed by atoms with E-state index in [1.54, 1.807) is 0 Å². The number of hydrogen-bond donors (Lipinski definition) is 0. The maximum atomic E-state index is 2.17. The molecule has 1 nitrogen and oxygen atoms in total. The fourth-order valence-corrected chi connectivity index (χ4v) is 1.97. The van der Waals surface area contributed by atoms with Crippen LogP contribution in [0.25, 0.3) is 0 Å². The third-order valence-corrected chi connectivity index (χ3v) is 3.16. The van der Waals surface area contributed by atoms with E-state index in [4.69, 9.17) is 0 Å². The second kappa shape index (κ2) is 8.60. The molecule has 2 aromatic carbocycles. The second-order valence-corrected chi connectivity index (χ2v) is 4.71. The van der Waals surface area contributed by atoms with Gasteiger partial charge in [0.25, 0.3) is 0 Å². The van der Waals surface area contributed by atoms with Crippen molar-refractivity contribution in [2.24, 2.45) is 0 Å². The van der Waals surface area contributed by atoms with Crippen molar-refractivity contribution in [2.45, 2.75) is 6.42 Å². The molecular formula is C20H21N. The van der Waals surface area contributed by atoms with Crippen LogP contribution < -0.4 is 4.90 Å². The molecule has 0 N–H and O–H groups in total. The number of para-hydroxylation sites is 2. The molecule has 0 aliphatic heterocycles. The van der Waals surface area contributed by atoms with E-state index in [-0.39, 0.29) is 0 Å². The van der Waals surface area contributed by atoms with Gasteiger partial charge in [0, 0.05) is 18.4 Å². The SMILES string of the molecule is C1=CC=CCC=C1.CN(c1ccccc1)c1ccccc1. The van der Waals surface area contributed by atoms with Crippen LogP contribution in [0.4, 0.5) is 11.4 Å². The maximum Gasteiger partial charge on any atom is 0.0408 e. The van der Waals surface area contributed by atoms with Crippen LogP contribution in [0.3, 0.4) is 0 Å². The number of nitrogens with zero attached hydrogens (tertiary/aromatic N) is 1. The van der Waals surface area contributed by atoms with Crippen molar-refractivity contribution < 1.29 is 0 Å². The molecule has 0 aromatic heterocycles. The Morgan fingerprint density at radius 1 is 0.619 bits per heavy atom. The smallest absolute Gasteiger partial charge is 0.0408 e. The van der Waals surface area contributed by atoms with Gasteiger partial charge in [-0.25, -0.2) is 0 Å². The normalized spacial score (nSPS) is 12.2. The molecule has 0 atom stereocenters. The van der Waals surface area contributed by atoms with Crippen molar-refractivity contribution in [1.29, 1.82) is 0 Å². The van der Waals surface area contributed by atoms with Gasteiger partial charge in [-0.05, 0) is 30.7 Å². The van der Waals surface area contributed by atoms with Gasteiger partial charge in [0.1, 0.15) is 0 Å². The Morgan fingerprint density at radius 3 is 1.48 bits per heavy atom. The van der Waals surface area contributed by atoms with E-state index >= 15 is 0 Å². The van der Waals surface area contributed by atoms with E-state index in [0.717, 1.165) is 6.42 Å². The Bertz CT molecular complexity index is 541. The van der Waals surface area contributed by atoms with E-state index in [1.807, 2.05) is 24.3 Å². The van der Waals surface area contributed by atoms with E-state index in [9.17, 15) is 0 Å². The van der Waals surface area contributed by atoms with Gasteiger partial charge in [0.05, 0.1) is 0 Å². The minimum Gasteiger partial charge on any atom is -0.345 e. The third-order valence-electron chi connectivity index (χ3n) is 3.16. The first-order valence-corrected chi connectivity index (χ1v) is 7.20. The molecule has 21 heavy (non-hydrogen) atoms. The quantitative estimate of drug-likeness (QED) is 0.698. The van der Waals surface area contributed by atoms with Gasteiger partial charge in [-0.3, -0.25) is 0 Å². The summed E-state index contributed by atoms with van der Waals surface area (Å²) in [5.74, 6) is 0. The molecule has 0 spiro atoms. The van der Waals surface area contributed by atoms with Gasteiger partial charge < -0.3 is 4.90 Å². The van der Waals surface area contributed by atoms with Gasteiger partial charge in [-0.2, -0.15) is 0 Å². The van der Waals surface area contributed by atoms with Crippen molar-refractivity contribution in [2.75, 3.05) is 11.9 Å². The average molecular weight is 275 g/mol. The second-order valence-electron chi connectivity index (χ2n) is 4.71. The molecular weight excluding hydrogens is 254 g/mol. The van der Waals surface area contributed by atoms with Crippen molar-refractivity contribution in [1.82, 2.24) is 0 Å². The first kappa shape index (κ1) is 14.9. The largest absolute Gasteiger partial charge is 0.345 e. The first-order chi connectivity index (χ1) is 10.4. The zero-order chi connectivity index (χ0) is 14.8. The molecule has 0 saturated heterocycles. The lowest BCUT2D eigenvalue weighted by Crippen LogP contribution is -2.08. The highest BCUT2D eigenvalue weighted by molar-refractivity contribution is 5.61. The van der Waals surface area contributed by atoms with Gasteiger partial charge in [0.15, 0.2) is 0 Å². The minimum atomic E-state index is 1.08. The summed E-state index contributed by atoms with van der Waals surface area (Å²) in [4.78, 5) is 2.17. The standard InChI is InChI=1S/C13H13N.C7H8/c1-14(12-8-4-2-5-9-12)13-10-6-3-7-11-13;1-2-4-6-7-5-3-1/h2-11H,1H3;1-6H,7H2. The molecule has 0 heterocycles. The van der Waals surface area contributed by atoms with Gasteiger partial charge in [-0.15, -0.1) is 0 Å². The van der Waals surface area contributed by atoms with Crippen LogP contribution in [0, 0.1) is 0 Å². The molecule has 0 saturated carbocycles. The van der Waals surface area contributed by atoms with Crippen LogP contribution in [0.5, 0.6) is 0 Å². The lowest BCUT2D eigenvalue weighted by Gasteiger charge is -2.18. The maximum absolute atomic E-state index is 2.17. The van der Waals surface area contributed by atoms with Crippen molar-refractivity contribution in [3.63, 3.8) is 0 Å². The van der Waals surface area contributed by atoms with Gasteiger partial charge in [-0.1, -0.05) is 72.9 Å². The van der Waals surface area contributed by atoms with Crippen LogP contribution in [-0.4, -0.2) is 7.05 Å². The monoisotopic (exact) mass is 275 g/mol. The topological polar surface area (TPSA) is 3.24 Å². The van der Waals surface area contributed by atoms with Gasteiger partial charge >= 0.3 is 0 Å². The third kappa shape index (κ3) is 5.15. The molecule has 0 amide bonds. The number of anilines is 2. The summed E-state index contributed by atoms with van der Waals surface area (Å²) in [6, 6.07) is 20.7. The van der Waals surface area contributed by atoms with Crippen molar-refractivity contribution in [3.05, 3.63) is 97.1 Å². The summed E-state index contributed by atoms with van der Waals surface area (Å²) < 4.78 is 0. The summed E-state index contributed by atoms with van der Waals surface area (Å²) in [6.07, 6.45) is 13.5. The molecule has 1 aliphatic rings. The molecule has 0 fully saturated rings. The van der Waals surface area contributed by atoms with Crippen LogP contribution in [0.2, 0.25) is 0 Å². The van der Waals surface area contributed by atoms with E-state index in [2.05, 4.69) is 84.8 Å². The minimum absolute atomic E-state index is 1.08. The molecule has 106 valence electrons. The Balaban J connectivity index is 0.000000194. The number of allylic oxidation sites excluding steroid dienone is 6. The number of rotatable bonds is 2. The van der Waals surface area contributed by atoms with Crippen LogP contribution in [0.15, 0.2) is 97.1 Å². The summed E-state index contributed by atoms with van der Waals surface area (Å²) in [5, 5.41) is 0.